The van der Waals surface area contributed by atoms with Crippen molar-refractivity contribution in [3.63, 3.8) is 0 Å². The third kappa shape index (κ3) is 9.68. The number of benzene rings is 2. The van der Waals surface area contributed by atoms with Gasteiger partial charge in [-0.2, -0.15) is 0 Å². The van der Waals surface area contributed by atoms with Crippen molar-refractivity contribution in [3.8, 4) is 0 Å². The highest BCUT2D eigenvalue weighted by atomic mass is 16.6. The predicted octanol–water partition coefficient (Wildman–Crippen LogP) is 9.05. The summed E-state index contributed by atoms with van der Waals surface area (Å²) in [6.07, 6.45) is 19.8. The molecule has 1 N–H and O–H groups in total. The van der Waals surface area contributed by atoms with E-state index in [1.54, 1.807) is 24.3 Å². The molecule has 7 heteroatoms. The van der Waals surface area contributed by atoms with Gasteiger partial charge in [-0.1, -0.05) is 139 Å². The number of carbonyl (C=O) groups is 2. The zero-order valence-corrected chi connectivity index (χ0v) is 25.0. The monoisotopic (exact) mass is 574 g/mol. The van der Waals surface area contributed by atoms with Crippen LogP contribution in [0, 0.1) is 10.1 Å². The Hall–Kier alpha value is -3.74. The van der Waals surface area contributed by atoms with E-state index in [1.165, 1.54) is 81.3 Å². The average molecular weight is 575 g/mol. The molecule has 2 aromatic carbocycles. The summed E-state index contributed by atoms with van der Waals surface area (Å²) in [5, 5.41) is 22.7. The van der Waals surface area contributed by atoms with Gasteiger partial charge in [-0.05, 0) is 24.1 Å². The van der Waals surface area contributed by atoms with Gasteiger partial charge in [0.1, 0.15) is 0 Å². The molecular formula is C35H46N2O5. The number of aliphatic hydroxyl groups is 1. The van der Waals surface area contributed by atoms with Gasteiger partial charge < -0.3 is 10.0 Å². The summed E-state index contributed by atoms with van der Waals surface area (Å²) in [5.74, 6) is -1.84. The molecule has 0 saturated carbocycles. The quantitative estimate of drug-likeness (QED) is 0.0736. The molecule has 3 rings (SSSR count). The molecule has 2 aromatic rings. The van der Waals surface area contributed by atoms with Gasteiger partial charge in [-0.25, -0.2) is 0 Å². The SMILES string of the molecule is CCCCCCCCCCCCCCCCN1C(=O)C(O)=C(C(=O)/C=C/c2ccccc2)[C@@H]1c1ccccc1[N+](=O)[O-]. The van der Waals surface area contributed by atoms with Crippen LogP contribution in [0.1, 0.15) is 114 Å². The molecule has 0 radical (unpaired) electrons. The van der Waals surface area contributed by atoms with Crippen molar-refractivity contribution in [2.45, 2.75) is 103 Å². The Balaban J connectivity index is 1.57. The lowest BCUT2D eigenvalue weighted by atomic mass is 9.94. The average Bonchev–Trinajstić information content (AvgIpc) is 3.25. The van der Waals surface area contributed by atoms with E-state index >= 15 is 0 Å². The number of allylic oxidation sites excluding steroid dienone is 1. The van der Waals surface area contributed by atoms with Crippen molar-refractivity contribution >= 4 is 23.5 Å². The maximum atomic E-state index is 13.3. The number of nitro benzene ring substituents is 1. The number of carbonyl (C=O) groups excluding carboxylic acids is 2. The van der Waals surface area contributed by atoms with E-state index in [-0.39, 0.29) is 16.8 Å². The number of nitrogens with zero attached hydrogens (tertiary/aromatic N) is 2. The normalized spacial score (nSPS) is 15.2. The van der Waals surface area contributed by atoms with Crippen molar-refractivity contribution < 1.29 is 19.6 Å². The minimum atomic E-state index is -1.02. The molecule has 1 amide bonds. The third-order valence-electron chi connectivity index (χ3n) is 7.98. The summed E-state index contributed by atoms with van der Waals surface area (Å²) in [6, 6.07) is 14.3. The predicted molar refractivity (Wildman–Crippen MR) is 168 cm³/mol. The maximum Gasteiger partial charge on any atom is 0.290 e. The Labute approximate surface area is 250 Å². The standard InChI is InChI=1S/C35H46N2O5/c1-2-3-4-5-6-7-8-9-10-11-12-13-14-20-27-36-33(29-23-18-19-24-30(29)37(41)42)32(34(39)35(36)40)31(38)26-25-28-21-16-15-17-22-28/h15-19,21-26,33,39H,2-14,20,27H2,1H3/b26-25+/t33-/m0/s1. The fraction of sp³-hybridized carbons (Fsp3) is 0.486. The van der Waals surface area contributed by atoms with Crippen LogP contribution in [-0.4, -0.2) is 33.2 Å². The molecule has 42 heavy (non-hydrogen) atoms. The van der Waals surface area contributed by atoms with Gasteiger partial charge in [0, 0.05) is 12.6 Å². The fourth-order valence-corrected chi connectivity index (χ4v) is 5.65. The van der Waals surface area contributed by atoms with Gasteiger partial charge in [0.25, 0.3) is 11.6 Å². The molecule has 0 aliphatic carbocycles. The molecule has 0 spiro atoms. The van der Waals surface area contributed by atoms with Crippen LogP contribution in [0.5, 0.6) is 0 Å². The molecule has 0 bridgehead atoms. The Morgan fingerprint density at radius 2 is 1.36 bits per heavy atom. The van der Waals surface area contributed by atoms with Crippen LogP contribution in [-0.2, 0) is 9.59 Å². The maximum absolute atomic E-state index is 13.3. The Morgan fingerprint density at radius 3 is 1.93 bits per heavy atom. The lowest BCUT2D eigenvalue weighted by Gasteiger charge is -2.26. The van der Waals surface area contributed by atoms with Gasteiger partial charge in [-0.15, -0.1) is 0 Å². The zero-order valence-electron chi connectivity index (χ0n) is 25.0. The first-order valence-corrected chi connectivity index (χ1v) is 15.7. The molecule has 1 atom stereocenters. The largest absolute Gasteiger partial charge is 0.503 e. The first-order valence-electron chi connectivity index (χ1n) is 15.7. The first-order chi connectivity index (χ1) is 20.5. The summed E-state index contributed by atoms with van der Waals surface area (Å²) in [7, 11) is 0. The van der Waals surface area contributed by atoms with Crippen molar-refractivity contribution in [2.75, 3.05) is 6.54 Å². The summed E-state index contributed by atoms with van der Waals surface area (Å²) in [5.41, 5.74) is 0.707. The minimum absolute atomic E-state index is 0.119. The highest BCUT2D eigenvalue weighted by Gasteiger charge is 2.44. The van der Waals surface area contributed by atoms with Crippen LogP contribution in [0.4, 0.5) is 5.69 Å². The van der Waals surface area contributed by atoms with Crippen LogP contribution >= 0.6 is 0 Å². The summed E-state index contributed by atoms with van der Waals surface area (Å²) in [4.78, 5) is 39.3. The lowest BCUT2D eigenvalue weighted by molar-refractivity contribution is -0.385. The second kappa shape index (κ2) is 17.9. The second-order valence-corrected chi connectivity index (χ2v) is 11.2. The zero-order chi connectivity index (χ0) is 30.2. The Kier molecular flexibility index (Phi) is 14.0. The Bertz CT molecular complexity index is 1220. The van der Waals surface area contributed by atoms with Gasteiger partial charge in [0.2, 0.25) is 0 Å². The van der Waals surface area contributed by atoms with Gasteiger partial charge in [-0.3, -0.25) is 19.7 Å². The van der Waals surface area contributed by atoms with Crippen LogP contribution < -0.4 is 0 Å². The second-order valence-electron chi connectivity index (χ2n) is 11.2. The number of ketones is 1. The highest BCUT2D eigenvalue weighted by molar-refractivity contribution is 6.14. The van der Waals surface area contributed by atoms with Crippen molar-refractivity contribution in [1.29, 1.82) is 0 Å². The number of unbranched alkanes of at least 4 members (excludes halogenated alkanes) is 13. The summed E-state index contributed by atoms with van der Waals surface area (Å²) >= 11 is 0. The Morgan fingerprint density at radius 1 is 0.833 bits per heavy atom. The molecular weight excluding hydrogens is 528 g/mol. The van der Waals surface area contributed by atoms with E-state index < -0.39 is 28.4 Å². The van der Waals surface area contributed by atoms with E-state index in [9.17, 15) is 24.8 Å². The number of nitro groups is 1. The van der Waals surface area contributed by atoms with Crippen LogP contribution in [0.3, 0.4) is 0 Å². The van der Waals surface area contributed by atoms with Crippen molar-refractivity contribution in [2.24, 2.45) is 0 Å². The number of hydrogen-bond acceptors (Lipinski definition) is 5. The molecule has 7 nitrogen and oxygen atoms in total. The molecule has 0 saturated heterocycles. The van der Waals surface area contributed by atoms with E-state index in [0.29, 0.717) is 13.0 Å². The number of para-hydroxylation sites is 1. The van der Waals surface area contributed by atoms with Crippen molar-refractivity contribution in [3.05, 3.63) is 93.2 Å². The van der Waals surface area contributed by atoms with Crippen LogP contribution in [0.15, 0.2) is 72.0 Å². The number of hydrogen-bond donors (Lipinski definition) is 1. The molecule has 226 valence electrons. The van der Waals surface area contributed by atoms with Crippen LogP contribution in [0.2, 0.25) is 0 Å². The molecule has 0 unspecified atom stereocenters. The van der Waals surface area contributed by atoms with Crippen molar-refractivity contribution in [1.82, 2.24) is 4.90 Å². The van der Waals surface area contributed by atoms with E-state index in [2.05, 4.69) is 6.92 Å². The number of amides is 1. The van der Waals surface area contributed by atoms with Crippen LogP contribution in [0.25, 0.3) is 6.08 Å². The molecule has 1 aliphatic rings. The topological polar surface area (TPSA) is 101 Å². The summed E-state index contributed by atoms with van der Waals surface area (Å²) < 4.78 is 0. The summed E-state index contributed by atoms with van der Waals surface area (Å²) in [6.45, 7) is 2.55. The fourth-order valence-electron chi connectivity index (χ4n) is 5.65. The molecule has 0 aromatic heterocycles. The third-order valence-corrected chi connectivity index (χ3v) is 7.98. The number of aliphatic hydroxyl groups excluding tert-OH is 1. The van der Waals surface area contributed by atoms with Gasteiger partial charge in [0.15, 0.2) is 11.5 Å². The smallest absolute Gasteiger partial charge is 0.290 e. The minimum Gasteiger partial charge on any atom is -0.503 e. The first kappa shape index (κ1) is 32.8. The number of rotatable bonds is 20. The van der Waals surface area contributed by atoms with Gasteiger partial charge >= 0.3 is 0 Å². The molecule has 1 heterocycles. The highest BCUT2D eigenvalue weighted by Crippen LogP contribution is 2.41. The lowest BCUT2D eigenvalue weighted by Crippen LogP contribution is -2.32. The molecule has 0 fully saturated rings. The van der Waals surface area contributed by atoms with E-state index in [1.807, 2.05) is 30.3 Å². The van der Waals surface area contributed by atoms with E-state index in [4.69, 9.17) is 0 Å². The van der Waals surface area contributed by atoms with Gasteiger partial charge in [0.05, 0.1) is 22.1 Å². The van der Waals surface area contributed by atoms with E-state index in [0.717, 1.165) is 24.8 Å². The molecule has 1 aliphatic heterocycles.